The van der Waals surface area contributed by atoms with E-state index in [1.165, 1.54) is 0 Å². The van der Waals surface area contributed by atoms with Crippen LogP contribution in [0.1, 0.15) is 21.5 Å². The summed E-state index contributed by atoms with van der Waals surface area (Å²) >= 11 is 0. The average molecular weight is 451 g/mol. The first-order chi connectivity index (χ1) is 16.5. The van der Waals surface area contributed by atoms with E-state index in [4.69, 9.17) is 0 Å². The van der Waals surface area contributed by atoms with E-state index in [2.05, 4.69) is 16.7 Å². The van der Waals surface area contributed by atoms with E-state index < -0.39 is 12.0 Å². The van der Waals surface area contributed by atoms with Crippen molar-refractivity contribution in [2.75, 3.05) is 17.7 Å². The largest absolute Gasteiger partial charge is 0.480 e. The SMILES string of the molecule is CNc1cccc(-c2ccc(C[C@H](Nc3ccccc3C(=O)c3ccccc3)C(=O)O)cc2)c1. The van der Waals surface area contributed by atoms with Crippen LogP contribution >= 0.6 is 0 Å². The molecule has 5 nitrogen and oxygen atoms in total. The predicted molar refractivity (Wildman–Crippen MR) is 136 cm³/mol. The van der Waals surface area contributed by atoms with Crippen LogP contribution in [0.4, 0.5) is 11.4 Å². The molecule has 0 unspecified atom stereocenters. The molecule has 170 valence electrons. The van der Waals surface area contributed by atoms with Gasteiger partial charge in [-0.15, -0.1) is 0 Å². The highest BCUT2D eigenvalue weighted by Gasteiger charge is 2.21. The van der Waals surface area contributed by atoms with Gasteiger partial charge in [0.15, 0.2) is 5.78 Å². The summed E-state index contributed by atoms with van der Waals surface area (Å²) in [5, 5.41) is 16.1. The molecule has 0 amide bonds. The smallest absolute Gasteiger partial charge is 0.326 e. The fourth-order valence-corrected chi connectivity index (χ4v) is 3.86. The van der Waals surface area contributed by atoms with E-state index in [9.17, 15) is 14.7 Å². The Kier molecular flexibility index (Phi) is 7.04. The Morgan fingerprint density at radius 2 is 1.50 bits per heavy atom. The monoisotopic (exact) mass is 450 g/mol. The summed E-state index contributed by atoms with van der Waals surface area (Å²) in [6, 6.07) is 31.1. The number of carbonyl (C=O) groups excluding carboxylic acids is 1. The lowest BCUT2D eigenvalue weighted by Crippen LogP contribution is -2.32. The molecule has 3 N–H and O–H groups in total. The van der Waals surface area contributed by atoms with E-state index >= 15 is 0 Å². The number of carboxylic acid groups (broad SMARTS) is 1. The molecule has 0 radical (unpaired) electrons. The van der Waals surface area contributed by atoms with Crippen molar-refractivity contribution in [3.8, 4) is 11.1 Å². The summed E-state index contributed by atoms with van der Waals surface area (Å²) in [6.45, 7) is 0. The molecule has 0 saturated heterocycles. The third-order valence-corrected chi connectivity index (χ3v) is 5.71. The Morgan fingerprint density at radius 3 is 2.21 bits per heavy atom. The third kappa shape index (κ3) is 5.33. The van der Waals surface area contributed by atoms with Crippen LogP contribution in [0.15, 0.2) is 103 Å². The summed E-state index contributed by atoms with van der Waals surface area (Å²) in [5.74, 6) is -1.13. The first-order valence-electron chi connectivity index (χ1n) is 11.1. The Bertz CT molecular complexity index is 1280. The first kappa shape index (κ1) is 22.8. The van der Waals surface area contributed by atoms with E-state index in [0.29, 0.717) is 16.8 Å². The second-order valence-corrected chi connectivity index (χ2v) is 8.01. The van der Waals surface area contributed by atoms with Crippen molar-refractivity contribution in [1.29, 1.82) is 0 Å². The lowest BCUT2D eigenvalue weighted by molar-refractivity contribution is -0.137. The molecule has 0 bridgehead atoms. The molecule has 0 aliphatic heterocycles. The zero-order valence-corrected chi connectivity index (χ0v) is 18.9. The van der Waals surface area contributed by atoms with E-state index in [1.54, 1.807) is 36.4 Å². The van der Waals surface area contributed by atoms with Gasteiger partial charge in [0, 0.05) is 36.0 Å². The summed E-state index contributed by atoms with van der Waals surface area (Å²) < 4.78 is 0. The summed E-state index contributed by atoms with van der Waals surface area (Å²) in [5.41, 5.74) is 5.56. The van der Waals surface area contributed by atoms with Crippen LogP contribution in [-0.4, -0.2) is 29.9 Å². The van der Waals surface area contributed by atoms with Crippen molar-refractivity contribution >= 4 is 23.1 Å². The number of para-hydroxylation sites is 1. The Morgan fingerprint density at radius 1 is 0.794 bits per heavy atom. The van der Waals surface area contributed by atoms with Crippen LogP contribution in [0, 0.1) is 0 Å². The number of anilines is 2. The van der Waals surface area contributed by atoms with Crippen molar-refractivity contribution in [3.63, 3.8) is 0 Å². The summed E-state index contributed by atoms with van der Waals surface area (Å²) in [4.78, 5) is 25.1. The molecule has 0 aromatic heterocycles. The number of nitrogens with one attached hydrogen (secondary N) is 2. The van der Waals surface area contributed by atoms with Crippen molar-refractivity contribution in [2.24, 2.45) is 0 Å². The third-order valence-electron chi connectivity index (χ3n) is 5.71. The molecular weight excluding hydrogens is 424 g/mol. The van der Waals surface area contributed by atoms with Gasteiger partial charge in [-0.2, -0.15) is 0 Å². The van der Waals surface area contributed by atoms with E-state index in [0.717, 1.165) is 22.4 Å². The predicted octanol–water partition coefficient (Wildman–Crippen LogP) is 5.73. The Labute approximate surface area is 199 Å². The normalized spacial score (nSPS) is 11.4. The fraction of sp³-hybridized carbons (Fsp3) is 0.103. The standard InChI is InChI=1S/C29H26N2O3/c1-30-24-11-7-10-23(19-24)21-16-14-20(15-17-21)18-27(29(33)34)31-26-13-6-5-12-25(26)28(32)22-8-3-2-4-9-22/h2-17,19,27,30-31H,18H2,1H3,(H,33,34)/t27-/m0/s1. The number of aliphatic carboxylic acids is 1. The summed E-state index contributed by atoms with van der Waals surface area (Å²) in [6.07, 6.45) is 0.278. The Balaban J connectivity index is 1.53. The molecule has 34 heavy (non-hydrogen) atoms. The van der Waals surface area contributed by atoms with Gasteiger partial charge in [0.25, 0.3) is 0 Å². The number of rotatable bonds is 9. The number of ketones is 1. The molecule has 0 heterocycles. The molecule has 0 aliphatic carbocycles. The minimum absolute atomic E-state index is 0.152. The molecule has 0 saturated carbocycles. The van der Waals surface area contributed by atoms with Gasteiger partial charge in [0.1, 0.15) is 6.04 Å². The molecule has 0 fully saturated rings. The van der Waals surface area contributed by atoms with Crippen molar-refractivity contribution in [2.45, 2.75) is 12.5 Å². The van der Waals surface area contributed by atoms with Gasteiger partial charge < -0.3 is 15.7 Å². The first-order valence-corrected chi connectivity index (χ1v) is 11.1. The number of hydrogen-bond donors (Lipinski definition) is 3. The van der Waals surface area contributed by atoms with Gasteiger partial charge in [0.05, 0.1) is 0 Å². The van der Waals surface area contributed by atoms with Crippen LogP contribution in [0.25, 0.3) is 11.1 Å². The molecule has 0 aliphatic rings. The minimum Gasteiger partial charge on any atom is -0.480 e. The van der Waals surface area contributed by atoms with Crippen LogP contribution in [0.3, 0.4) is 0 Å². The number of benzene rings is 4. The van der Waals surface area contributed by atoms with Crippen LogP contribution in [0.5, 0.6) is 0 Å². The Hall–Kier alpha value is -4.38. The summed E-state index contributed by atoms with van der Waals surface area (Å²) in [7, 11) is 1.88. The maximum Gasteiger partial charge on any atom is 0.326 e. The highest BCUT2D eigenvalue weighted by atomic mass is 16.4. The van der Waals surface area contributed by atoms with Crippen LogP contribution < -0.4 is 10.6 Å². The highest BCUT2D eigenvalue weighted by molar-refractivity contribution is 6.12. The van der Waals surface area contributed by atoms with Gasteiger partial charge in [-0.1, -0.05) is 78.9 Å². The fourth-order valence-electron chi connectivity index (χ4n) is 3.86. The average Bonchev–Trinajstić information content (AvgIpc) is 2.89. The van der Waals surface area contributed by atoms with E-state index in [1.807, 2.05) is 67.7 Å². The molecule has 0 spiro atoms. The zero-order chi connectivity index (χ0) is 23.9. The van der Waals surface area contributed by atoms with Gasteiger partial charge in [-0.3, -0.25) is 4.79 Å². The number of hydrogen-bond acceptors (Lipinski definition) is 4. The maximum atomic E-state index is 13.0. The minimum atomic E-state index is -0.979. The maximum absolute atomic E-state index is 13.0. The van der Waals surface area contributed by atoms with Crippen LogP contribution in [-0.2, 0) is 11.2 Å². The quantitative estimate of drug-likeness (QED) is 0.284. The molecule has 1 atom stereocenters. The van der Waals surface area contributed by atoms with Gasteiger partial charge in [0.2, 0.25) is 0 Å². The second-order valence-electron chi connectivity index (χ2n) is 8.01. The topological polar surface area (TPSA) is 78.4 Å². The molecule has 4 rings (SSSR count). The number of carbonyl (C=O) groups is 2. The second kappa shape index (κ2) is 10.5. The zero-order valence-electron chi connectivity index (χ0n) is 18.9. The molecular formula is C29H26N2O3. The lowest BCUT2D eigenvalue weighted by atomic mass is 9.99. The van der Waals surface area contributed by atoms with Crippen molar-refractivity contribution < 1.29 is 14.7 Å². The van der Waals surface area contributed by atoms with Crippen molar-refractivity contribution in [3.05, 3.63) is 120 Å². The van der Waals surface area contributed by atoms with Gasteiger partial charge in [-0.25, -0.2) is 4.79 Å². The van der Waals surface area contributed by atoms with Gasteiger partial charge >= 0.3 is 5.97 Å². The van der Waals surface area contributed by atoms with E-state index in [-0.39, 0.29) is 12.2 Å². The van der Waals surface area contributed by atoms with Crippen LogP contribution in [0.2, 0.25) is 0 Å². The molecule has 4 aromatic carbocycles. The molecule has 4 aromatic rings. The lowest BCUT2D eigenvalue weighted by Gasteiger charge is -2.18. The highest BCUT2D eigenvalue weighted by Crippen LogP contribution is 2.24. The van der Waals surface area contributed by atoms with Crippen molar-refractivity contribution in [1.82, 2.24) is 0 Å². The number of carboxylic acids is 1. The molecule has 5 heteroatoms. The van der Waals surface area contributed by atoms with Gasteiger partial charge in [-0.05, 0) is 41.0 Å².